The van der Waals surface area contributed by atoms with E-state index in [1.54, 1.807) is 0 Å². The number of aliphatic hydroxyl groups is 1. The van der Waals surface area contributed by atoms with Crippen LogP contribution in [-0.2, 0) is 12.0 Å². The molecule has 0 saturated heterocycles. The molecule has 3 nitrogen and oxygen atoms in total. The van der Waals surface area contributed by atoms with E-state index in [2.05, 4.69) is 25.9 Å². The third-order valence-electron chi connectivity index (χ3n) is 3.64. The van der Waals surface area contributed by atoms with Crippen molar-refractivity contribution in [3.8, 4) is 0 Å². The quantitative estimate of drug-likeness (QED) is 0.793. The Morgan fingerprint density at radius 2 is 2.21 bits per heavy atom. The molecule has 1 heterocycles. The van der Waals surface area contributed by atoms with E-state index in [0.717, 1.165) is 18.7 Å². The van der Waals surface area contributed by atoms with Crippen LogP contribution in [0.25, 0.3) is 0 Å². The Morgan fingerprint density at radius 1 is 1.57 bits per heavy atom. The summed E-state index contributed by atoms with van der Waals surface area (Å²) in [4.78, 5) is 0. The summed E-state index contributed by atoms with van der Waals surface area (Å²) in [5.74, 6) is 0. The summed E-state index contributed by atoms with van der Waals surface area (Å²) < 4.78 is 1.92. The molecular weight excluding hydrogens is 176 g/mol. The molecule has 1 aromatic heterocycles. The van der Waals surface area contributed by atoms with Gasteiger partial charge < -0.3 is 5.11 Å². The Kier molecular flexibility index (Phi) is 1.96. The highest BCUT2D eigenvalue weighted by atomic mass is 16.3. The summed E-state index contributed by atoms with van der Waals surface area (Å²) in [7, 11) is 0. The van der Waals surface area contributed by atoms with Crippen molar-refractivity contribution in [2.24, 2.45) is 5.41 Å². The van der Waals surface area contributed by atoms with E-state index in [9.17, 15) is 5.11 Å². The smallest absolute Gasteiger partial charge is 0.0714 e. The molecule has 1 unspecified atom stereocenters. The summed E-state index contributed by atoms with van der Waals surface area (Å²) in [6, 6.07) is 2.04. The van der Waals surface area contributed by atoms with Gasteiger partial charge in [0, 0.05) is 18.2 Å². The van der Waals surface area contributed by atoms with Crippen molar-refractivity contribution in [1.29, 1.82) is 0 Å². The minimum absolute atomic E-state index is 0.0760. The molecule has 0 bridgehead atoms. The number of hydrogen-bond acceptors (Lipinski definition) is 2. The van der Waals surface area contributed by atoms with E-state index in [-0.39, 0.29) is 17.4 Å². The lowest BCUT2D eigenvalue weighted by molar-refractivity contribution is 0.228. The molecule has 0 spiro atoms. The average Bonchev–Trinajstić information content (AvgIpc) is 2.57. The largest absolute Gasteiger partial charge is 0.395 e. The van der Waals surface area contributed by atoms with Crippen molar-refractivity contribution in [3.63, 3.8) is 0 Å². The van der Waals surface area contributed by atoms with Crippen molar-refractivity contribution in [3.05, 3.63) is 18.0 Å². The Balaban J connectivity index is 2.31. The Bertz CT molecular complexity index is 343. The van der Waals surface area contributed by atoms with E-state index in [1.165, 1.54) is 0 Å². The second-order valence-corrected chi connectivity index (χ2v) is 4.86. The lowest BCUT2D eigenvalue weighted by atomic mass is 9.93. The van der Waals surface area contributed by atoms with Gasteiger partial charge >= 0.3 is 0 Å². The lowest BCUT2D eigenvalue weighted by Gasteiger charge is -2.14. The van der Waals surface area contributed by atoms with Gasteiger partial charge in [-0.1, -0.05) is 13.8 Å². The van der Waals surface area contributed by atoms with Gasteiger partial charge in [-0.15, -0.1) is 0 Å². The Labute approximate surface area is 84.7 Å². The maximum atomic E-state index is 9.48. The molecule has 1 saturated carbocycles. The monoisotopic (exact) mass is 194 g/mol. The van der Waals surface area contributed by atoms with Crippen molar-refractivity contribution in [1.82, 2.24) is 9.78 Å². The molecule has 0 amide bonds. The molecule has 1 fully saturated rings. The van der Waals surface area contributed by atoms with Crippen molar-refractivity contribution in [2.45, 2.75) is 39.2 Å². The molecule has 1 aliphatic carbocycles. The predicted octanol–water partition coefficient (Wildman–Crippen LogP) is 1.56. The van der Waals surface area contributed by atoms with Crippen molar-refractivity contribution >= 4 is 0 Å². The Hall–Kier alpha value is -0.830. The fraction of sp³-hybridized carbons (Fsp3) is 0.727. The predicted molar refractivity (Wildman–Crippen MR) is 55.1 cm³/mol. The number of nitrogens with zero attached hydrogens (tertiary/aromatic N) is 2. The molecule has 1 N–H and O–H groups in total. The summed E-state index contributed by atoms with van der Waals surface area (Å²) >= 11 is 0. The minimum atomic E-state index is -0.0760. The first-order valence-corrected chi connectivity index (χ1v) is 5.20. The van der Waals surface area contributed by atoms with Gasteiger partial charge in [-0.2, -0.15) is 5.10 Å². The van der Waals surface area contributed by atoms with Gasteiger partial charge in [-0.25, -0.2) is 0 Å². The highest BCUT2D eigenvalue weighted by molar-refractivity contribution is 5.31. The molecule has 1 aliphatic rings. The van der Waals surface area contributed by atoms with Crippen LogP contribution < -0.4 is 0 Å². The van der Waals surface area contributed by atoms with E-state index in [0.29, 0.717) is 0 Å². The van der Waals surface area contributed by atoms with Crippen molar-refractivity contribution in [2.75, 3.05) is 6.61 Å². The second-order valence-electron chi connectivity index (χ2n) is 4.86. The van der Waals surface area contributed by atoms with Crippen molar-refractivity contribution < 1.29 is 5.11 Å². The van der Waals surface area contributed by atoms with Gasteiger partial charge in [0.15, 0.2) is 0 Å². The zero-order chi connectivity index (χ0) is 10.4. The molecule has 0 aliphatic heterocycles. The molecule has 0 radical (unpaired) electrons. The second kappa shape index (κ2) is 2.83. The molecular formula is C11H18N2O. The number of aromatic nitrogens is 2. The average molecular weight is 194 g/mol. The van der Waals surface area contributed by atoms with E-state index in [1.807, 2.05) is 16.9 Å². The normalized spacial score (nSPS) is 29.1. The number of rotatable bonds is 3. The van der Waals surface area contributed by atoms with E-state index < -0.39 is 0 Å². The SMILES string of the molecule is CCn1ccc(C2(CO)CC2(C)C)n1. The van der Waals surface area contributed by atoms with Crippen LogP contribution in [0.4, 0.5) is 0 Å². The number of aliphatic hydroxyl groups excluding tert-OH is 1. The first-order chi connectivity index (χ1) is 6.55. The summed E-state index contributed by atoms with van der Waals surface area (Å²) in [6.45, 7) is 7.55. The zero-order valence-corrected chi connectivity index (χ0v) is 9.12. The van der Waals surface area contributed by atoms with Crippen LogP contribution >= 0.6 is 0 Å². The molecule has 0 aromatic carbocycles. The molecule has 2 rings (SSSR count). The fourth-order valence-corrected chi connectivity index (χ4v) is 2.29. The van der Waals surface area contributed by atoms with Crippen LogP contribution in [-0.4, -0.2) is 21.5 Å². The van der Waals surface area contributed by atoms with Gasteiger partial charge in [0.2, 0.25) is 0 Å². The van der Waals surface area contributed by atoms with Crippen LogP contribution in [0.2, 0.25) is 0 Å². The van der Waals surface area contributed by atoms with Crippen LogP contribution in [0.15, 0.2) is 12.3 Å². The summed E-state index contributed by atoms with van der Waals surface area (Å²) in [5.41, 5.74) is 1.18. The lowest BCUT2D eigenvalue weighted by Crippen LogP contribution is -2.20. The molecule has 1 aromatic rings. The first-order valence-electron chi connectivity index (χ1n) is 5.20. The molecule has 1 atom stereocenters. The molecule has 3 heteroatoms. The molecule has 78 valence electrons. The first kappa shape index (κ1) is 9.71. The topological polar surface area (TPSA) is 38.0 Å². The van der Waals surface area contributed by atoms with Gasteiger partial charge in [-0.05, 0) is 24.8 Å². The third-order valence-corrected chi connectivity index (χ3v) is 3.64. The highest BCUT2D eigenvalue weighted by Gasteiger charge is 2.63. The van der Waals surface area contributed by atoms with Gasteiger partial charge in [-0.3, -0.25) is 4.68 Å². The number of hydrogen-bond donors (Lipinski definition) is 1. The van der Waals surface area contributed by atoms with E-state index >= 15 is 0 Å². The van der Waals surface area contributed by atoms with Crippen LogP contribution in [0.1, 0.15) is 32.9 Å². The van der Waals surface area contributed by atoms with Gasteiger partial charge in [0.05, 0.1) is 12.3 Å². The van der Waals surface area contributed by atoms with Gasteiger partial charge in [0.25, 0.3) is 0 Å². The van der Waals surface area contributed by atoms with E-state index in [4.69, 9.17) is 0 Å². The van der Waals surface area contributed by atoms with Crippen LogP contribution in [0, 0.1) is 5.41 Å². The van der Waals surface area contributed by atoms with Crippen LogP contribution in [0.3, 0.4) is 0 Å². The third kappa shape index (κ3) is 1.12. The number of aryl methyl sites for hydroxylation is 1. The summed E-state index contributed by atoms with van der Waals surface area (Å²) in [6.07, 6.45) is 3.03. The zero-order valence-electron chi connectivity index (χ0n) is 9.12. The minimum Gasteiger partial charge on any atom is -0.395 e. The highest BCUT2D eigenvalue weighted by Crippen LogP contribution is 2.63. The molecule has 14 heavy (non-hydrogen) atoms. The van der Waals surface area contributed by atoms with Gasteiger partial charge in [0.1, 0.15) is 0 Å². The maximum absolute atomic E-state index is 9.48. The fourth-order valence-electron chi connectivity index (χ4n) is 2.29. The Morgan fingerprint density at radius 3 is 2.57 bits per heavy atom. The summed E-state index contributed by atoms with van der Waals surface area (Å²) in [5, 5.41) is 14.0. The van der Waals surface area contributed by atoms with Crippen LogP contribution in [0.5, 0.6) is 0 Å². The maximum Gasteiger partial charge on any atom is 0.0714 e. The standard InChI is InChI=1S/C11H18N2O/c1-4-13-6-5-9(12-13)11(8-14)7-10(11,2)3/h5-6,14H,4,7-8H2,1-3H3.